The number of carbonyl (C=O) groups is 1. The van der Waals surface area contributed by atoms with Crippen LogP contribution in [0.15, 0.2) is 48.7 Å². The lowest BCUT2D eigenvalue weighted by Gasteiger charge is -2.13. The van der Waals surface area contributed by atoms with Gasteiger partial charge >= 0.3 is 6.36 Å². The van der Waals surface area contributed by atoms with Gasteiger partial charge in [0.2, 0.25) is 0 Å². The molecule has 0 N–H and O–H groups in total. The van der Waals surface area contributed by atoms with Crippen molar-refractivity contribution in [2.75, 3.05) is 0 Å². The molecule has 4 nitrogen and oxygen atoms in total. The lowest BCUT2D eigenvalue weighted by molar-refractivity contribution is -0.274. The standard InChI is InChI=1S/C18H13F3N2O2/c19-18(20,21)25-16-7-2-1-5-11(16)12-9-13(12)17(24)14(10-22)15-6-3-4-8-23-15/h1-8,12-14H,9H2/t12-,13-,14+/m1/s1. The molecular weight excluding hydrogens is 333 g/mol. The Hall–Kier alpha value is -2.88. The summed E-state index contributed by atoms with van der Waals surface area (Å²) in [6, 6.07) is 12.7. The fraction of sp³-hybridized carbons (Fsp3) is 0.278. The van der Waals surface area contributed by atoms with E-state index in [2.05, 4.69) is 9.72 Å². The third kappa shape index (κ3) is 3.79. The summed E-state index contributed by atoms with van der Waals surface area (Å²) in [5.74, 6) is -2.54. The number of Topliss-reactive ketones (excluding diaryl/α,β-unsaturated/α-hetero) is 1. The van der Waals surface area contributed by atoms with Gasteiger partial charge in [-0.25, -0.2) is 0 Å². The summed E-state index contributed by atoms with van der Waals surface area (Å²) in [4.78, 5) is 16.6. The predicted molar refractivity (Wildman–Crippen MR) is 81.6 cm³/mol. The summed E-state index contributed by atoms with van der Waals surface area (Å²) in [5, 5.41) is 9.31. The van der Waals surface area contributed by atoms with Gasteiger partial charge in [0.25, 0.3) is 0 Å². The molecule has 1 aromatic carbocycles. The van der Waals surface area contributed by atoms with E-state index in [-0.39, 0.29) is 17.5 Å². The number of nitriles is 1. The first kappa shape index (κ1) is 17.0. The Kier molecular flexibility index (Phi) is 4.45. The van der Waals surface area contributed by atoms with E-state index in [0.29, 0.717) is 17.7 Å². The molecule has 0 bridgehead atoms. The summed E-state index contributed by atoms with van der Waals surface area (Å²) in [6.07, 6.45) is -2.92. The van der Waals surface area contributed by atoms with E-state index in [0.717, 1.165) is 0 Å². The Morgan fingerprint density at radius 1 is 1.24 bits per heavy atom. The molecule has 7 heteroatoms. The Morgan fingerprint density at radius 3 is 2.60 bits per heavy atom. The number of hydrogen-bond acceptors (Lipinski definition) is 4. The van der Waals surface area contributed by atoms with E-state index >= 15 is 0 Å². The Balaban J connectivity index is 1.79. The number of halogens is 3. The molecule has 128 valence electrons. The van der Waals surface area contributed by atoms with Gasteiger partial charge in [-0.3, -0.25) is 9.78 Å². The summed E-state index contributed by atoms with van der Waals surface area (Å²) in [6.45, 7) is 0. The summed E-state index contributed by atoms with van der Waals surface area (Å²) >= 11 is 0. The summed E-state index contributed by atoms with van der Waals surface area (Å²) in [5.41, 5.74) is 0.677. The second kappa shape index (κ2) is 6.55. The van der Waals surface area contributed by atoms with Crippen molar-refractivity contribution in [2.45, 2.75) is 24.6 Å². The van der Waals surface area contributed by atoms with Gasteiger partial charge in [0.1, 0.15) is 11.7 Å². The highest BCUT2D eigenvalue weighted by Crippen LogP contribution is 2.52. The van der Waals surface area contributed by atoms with Crippen molar-refractivity contribution >= 4 is 5.78 Å². The van der Waals surface area contributed by atoms with Crippen LogP contribution < -0.4 is 4.74 Å². The van der Waals surface area contributed by atoms with Crippen molar-refractivity contribution < 1.29 is 22.7 Å². The van der Waals surface area contributed by atoms with Crippen LogP contribution >= 0.6 is 0 Å². The minimum Gasteiger partial charge on any atom is -0.405 e. The van der Waals surface area contributed by atoms with Crippen molar-refractivity contribution in [3.63, 3.8) is 0 Å². The maximum atomic E-state index is 12.6. The molecule has 1 saturated carbocycles. The molecule has 2 aromatic rings. The first-order valence-corrected chi connectivity index (χ1v) is 7.59. The largest absolute Gasteiger partial charge is 0.573 e. The fourth-order valence-electron chi connectivity index (χ4n) is 2.89. The first-order chi connectivity index (χ1) is 11.9. The maximum absolute atomic E-state index is 12.6. The van der Waals surface area contributed by atoms with Crippen LogP contribution in [0.3, 0.4) is 0 Å². The van der Waals surface area contributed by atoms with Crippen molar-refractivity contribution in [3.05, 3.63) is 59.9 Å². The number of hydrogen-bond donors (Lipinski definition) is 0. The van der Waals surface area contributed by atoms with Crippen LogP contribution in [-0.4, -0.2) is 17.1 Å². The van der Waals surface area contributed by atoms with Gasteiger partial charge < -0.3 is 4.74 Å². The van der Waals surface area contributed by atoms with Gasteiger partial charge in [-0.2, -0.15) is 5.26 Å². The molecule has 1 heterocycles. The number of ketones is 1. The molecule has 3 atom stereocenters. The average molecular weight is 346 g/mol. The van der Waals surface area contributed by atoms with E-state index in [4.69, 9.17) is 0 Å². The van der Waals surface area contributed by atoms with Gasteiger partial charge in [-0.1, -0.05) is 24.3 Å². The van der Waals surface area contributed by atoms with Crippen molar-refractivity contribution in [1.82, 2.24) is 4.98 Å². The van der Waals surface area contributed by atoms with E-state index in [1.165, 1.54) is 24.4 Å². The molecule has 25 heavy (non-hydrogen) atoms. The summed E-state index contributed by atoms with van der Waals surface area (Å²) < 4.78 is 41.6. The molecule has 0 saturated heterocycles. The number of carbonyl (C=O) groups excluding carboxylic acids is 1. The van der Waals surface area contributed by atoms with Crippen LogP contribution in [-0.2, 0) is 4.79 Å². The quantitative estimate of drug-likeness (QED) is 0.822. The Bertz CT molecular complexity index is 815. The molecule has 0 amide bonds. The third-order valence-corrected chi connectivity index (χ3v) is 4.10. The van der Waals surface area contributed by atoms with Crippen LogP contribution in [0, 0.1) is 17.2 Å². The number of para-hydroxylation sites is 1. The molecule has 0 unspecified atom stereocenters. The Labute approximate surface area is 141 Å². The van der Waals surface area contributed by atoms with Crippen LogP contribution in [0.5, 0.6) is 5.75 Å². The maximum Gasteiger partial charge on any atom is 0.573 e. The van der Waals surface area contributed by atoms with E-state index in [1.54, 1.807) is 24.3 Å². The number of pyridine rings is 1. The second-order valence-electron chi connectivity index (χ2n) is 5.75. The van der Waals surface area contributed by atoms with Gasteiger partial charge in [0.15, 0.2) is 5.78 Å². The van der Waals surface area contributed by atoms with Gasteiger partial charge in [0.05, 0.1) is 11.8 Å². The molecular formula is C18H13F3N2O2. The lowest BCUT2D eigenvalue weighted by atomic mass is 9.95. The second-order valence-corrected chi connectivity index (χ2v) is 5.75. The molecule has 1 fully saturated rings. The number of aromatic nitrogens is 1. The number of benzene rings is 1. The highest BCUT2D eigenvalue weighted by molar-refractivity contribution is 5.93. The topological polar surface area (TPSA) is 63.0 Å². The SMILES string of the molecule is N#C[C@H](C(=O)[C@@H]1C[C@@H]1c1ccccc1OC(F)(F)F)c1ccccn1. The van der Waals surface area contributed by atoms with Crippen LogP contribution in [0.2, 0.25) is 0 Å². The predicted octanol–water partition coefficient (Wildman–Crippen LogP) is 3.96. The van der Waals surface area contributed by atoms with E-state index in [1.807, 2.05) is 6.07 Å². The fourth-order valence-corrected chi connectivity index (χ4v) is 2.89. The zero-order chi connectivity index (χ0) is 18.0. The summed E-state index contributed by atoms with van der Waals surface area (Å²) in [7, 11) is 0. The number of rotatable bonds is 5. The van der Waals surface area contributed by atoms with Crippen LogP contribution in [0.25, 0.3) is 0 Å². The highest BCUT2D eigenvalue weighted by Gasteiger charge is 2.48. The van der Waals surface area contributed by atoms with E-state index in [9.17, 15) is 23.2 Å². The molecule has 0 spiro atoms. The Morgan fingerprint density at radius 2 is 1.96 bits per heavy atom. The van der Waals surface area contributed by atoms with Crippen molar-refractivity contribution in [3.8, 4) is 11.8 Å². The van der Waals surface area contributed by atoms with Crippen molar-refractivity contribution in [2.24, 2.45) is 5.92 Å². The highest BCUT2D eigenvalue weighted by atomic mass is 19.4. The number of ether oxygens (including phenoxy) is 1. The third-order valence-electron chi connectivity index (χ3n) is 4.10. The molecule has 1 aliphatic rings. The zero-order valence-corrected chi connectivity index (χ0v) is 12.9. The molecule has 3 rings (SSSR count). The average Bonchev–Trinajstić information content (AvgIpc) is 3.36. The zero-order valence-electron chi connectivity index (χ0n) is 12.9. The van der Waals surface area contributed by atoms with E-state index < -0.39 is 18.2 Å². The number of nitrogens with zero attached hydrogens (tertiary/aromatic N) is 2. The number of alkyl halides is 3. The van der Waals surface area contributed by atoms with Gasteiger partial charge in [0, 0.05) is 12.1 Å². The first-order valence-electron chi connectivity index (χ1n) is 7.59. The van der Waals surface area contributed by atoms with Gasteiger partial charge in [-0.15, -0.1) is 13.2 Å². The molecule has 0 radical (unpaired) electrons. The normalized spacial score (nSPS) is 20.4. The molecule has 1 aliphatic carbocycles. The van der Waals surface area contributed by atoms with Crippen LogP contribution in [0.4, 0.5) is 13.2 Å². The lowest BCUT2D eigenvalue weighted by Crippen LogP contribution is -2.18. The van der Waals surface area contributed by atoms with Crippen molar-refractivity contribution in [1.29, 1.82) is 5.26 Å². The molecule has 1 aromatic heterocycles. The van der Waals surface area contributed by atoms with Crippen LogP contribution in [0.1, 0.15) is 29.5 Å². The monoisotopic (exact) mass is 346 g/mol. The van der Waals surface area contributed by atoms with Gasteiger partial charge in [-0.05, 0) is 36.1 Å². The molecule has 0 aliphatic heterocycles. The minimum atomic E-state index is -4.80. The minimum absolute atomic E-state index is 0.304. The smallest absolute Gasteiger partial charge is 0.405 e.